The molecule has 0 fully saturated rings. The van der Waals surface area contributed by atoms with Gasteiger partial charge >= 0.3 is 0 Å². The molecular weight excluding hydrogens is 279 g/mol. The molecule has 2 rings (SSSR count). The fourth-order valence-corrected chi connectivity index (χ4v) is 3.23. The standard InChI is InChI=1S/C12H10Cl2S2/c1-15-9-4-2-8(3-5-9)12(14)10-6-7-11(13)16-10/h2-7,12H,1H3. The summed E-state index contributed by atoms with van der Waals surface area (Å²) in [5.41, 5.74) is 1.11. The molecule has 0 spiro atoms. The molecule has 0 bridgehead atoms. The predicted molar refractivity (Wildman–Crippen MR) is 75.2 cm³/mol. The Morgan fingerprint density at radius 3 is 2.31 bits per heavy atom. The van der Waals surface area contributed by atoms with Crippen LogP contribution < -0.4 is 0 Å². The van der Waals surface area contributed by atoms with Crippen LogP contribution in [-0.4, -0.2) is 6.26 Å². The van der Waals surface area contributed by atoms with Crippen molar-refractivity contribution in [1.82, 2.24) is 0 Å². The van der Waals surface area contributed by atoms with Gasteiger partial charge in [-0.2, -0.15) is 0 Å². The van der Waals surface area contributed by atoms with Crippen molar-refractivity contribution >= 4 is 46.3 Å². The number of rotatable bonds is 3. The second-order valence-electron chi connectivity index (χ2n) is 3.28. The van der Waals surface area contributed by atoms with Gasteiger partial charge in [-0.25, -0.2) is 0 Å². The highest BCUT2D eigenvalue weighted by Gasteiger charge is 2.12. The lowest BCUT2D eigenvalue weighted by Crippen LogP contribution is -1.89. The SMILES string of the molecule is CSc1ccc(C(Cl)c2ccc(Cl)s2)cc1. The van der Waals surface area contributed by atoms with Gasteiger partial charge in [0, 0.05) is 9.77 Å². The molecule has 2 aromatic rings. The highest BCUT2D eigenvalue weighted by atomic mass is 35.5. The van der Waals surface area contributed by atoms with Crippen LogP contribution in [0.5, 0.6) is 0 Å². The summed E-state index contributed by atoms with van der Waals surface area (Å²) >= 11 is 15.5. The van der Waals surface area contributed by atoms with Gasteiger partial charge in [-0.3, -0.25) is 0 Å². The van der Waals surface area contributed by atoms with Gasteiger partial charge < -0.3 is 0 Å². The molecule has 0 radical (unpaired) electrons. The zero-order valence-electron chi connectivity index (χ0n) is 8.61. The van der Waals surface area contributed by atoms with E-state index in [9.17, 15) is 0 Å². The molecule has 0 nitrogen and oxygen atoms in total. The molecule has 0 aliphatic carbocycles. The van der Waals surface area contributed by atoms with Crippen molar-refractivity contribution in [3.8, 4) is 0 Å². The van der Waals surface area contributed by atoms with E-state index >= 15 is 0 Å². The van der Waals surface area contributed by atoms with Crippen molar-refractivity contribution < 1.29 is 0 Å². The number of hydrogen-bond donors (Lipinski definition) is 0. The zero-order chi connectivity index (χ0) is 11.5. The lowest BCUT2D eigenvalue weighted by Gasteiger charge is -2.07. The van der Waals surface area contributed by atoms with Crippen LogP contribution >= 0.6 is 46.3 Å². The number of halogens is 2. The maximum atomic E-state index is 6.39. The summed E-state index contributed by atoms with van der Waals surface area (Å²) in [6, 6.07) is 12.2. The van der Waals surface area contributed by atoms with Crippen LogP contribution in [-0.2, 0) is 0 Å². The van der Waals surface area contributed by atoms with E-state index in [0.717, 1.165) is 14.8 Å². The van der Waals surface area contributed by atoms with Crippen molar-refractivity contribution in [2.24, 2.45) is 0 Å². The Bertz CT molecular complexity index is 462. The van der Waals surface area contributed by atoms with Gasteiger partial charge in [0.2, 0.25) is 0 Å². The second kappa shape index (κ2) is 5.46. The number of thioether (sulfide) groups is 1. The van der Waals surface area contributed by atoms with Gasteiger partial charge in [-0.15, -0.1) is 34.7 Å². The van der Waals surface area contributed by atoms with E-state index in [1.807, 2.05) is 12.1 Å². The third-order valence-electron chi connectivity index (χ3n) is 2.25. The summed E-state index contributed by atoms with van der Waals surface area (Å²) in [7, 11) is 0. The fraction of sp³-hybridized carbons (Fsp3) is 0.167. The average Bonchev–Trinajstić information content (AvgIpc) is 2.75. The molecule has 1 aromatic heterocycles. The minimum Gasteiger partial charge on any atom is -0.130 e. The quantitative estimate of drug-likeness (QED) is 0.534. The van der Waals surface area contributed by atoms with E-state index in [2.05, 4.69) is 30.5 Å². The highest BCUT2D eigenvalue weighted by Crippen LogP contribution is 2.35. The Kier molecular flexibility index (Phi) is 4.20. The molecule has 0 aliphatic rings. The van der Waals surface area contributed by atoms with Crippen LogP contribution in [0.4, 0.5) is 0 Å². The maximum Gasteiger partial charge on any atom is 0.0931 e. The monoisotopic (exact) mass is 288 g/mol. The first-order chi connectivity index (χ1) is 7.70. The summed E-state index contributed by atoms with van der Waals surface area (Å²) in [6.45, 7) is 0. The smallest absolute Gasteiger partial charge is 0.0931 e. The Balaban J connectivity index is 2.23. The molecule has 4 heteroatoms. The minimum atomic E-state index is -0.103. The first kappa shape index (κ1) is 12.3. The van der Waals surface area contributed by atoms with Crippen molar-refractivity contribution in [3.63, 3.8) is 0 Å². The van der Waals surface area contributed by atoms with Crippen LogP contribution in [0.2, 0.25) is 4.34 Å². The van der Waals surface area contributed by atoms with Crippen molar-refractivity contribution in [2.75, 3.05) is 6.26 Å². The first-order valence-corrected chi connectivity index (χ1v) is 7.59. The molecule has 1 aromatic carbocycles. The maximum absolute atomic E-state index is 6.39. The van der Waals surface area contributed by atoms with E-state index in [4.69, 9.17) is 23.2 Å². The van der Waals surface area contributed by atoms with Gasteiger partial charge in [0.25, 0.3) is 0 Å². The topological polar surface area (TPSA) is 0 Å². The highest BCUT2D eigenvalue weighted by molar-refractivity contribution is 7.98. The third kappa shape index (κ3) is 2.75. The molecule has 1 atom stereocenters. The normalized spacial score (nSPS) is 12.7. The van der Waals surface area contributed by atoms with Crippen LogP contribution in [0.3, 0.4) is 0 Å². The molecular formula is C12H10Cl2S2. The van der Waals surface area contributed by atoms with E-state index in [1.54, 1.807) is 11.8 Å². The number of benzene rings is 1. The predicted octanol–water partition coefficient (Wildman–Crippen LogP) is 5.45. The molecule has 84 valence electrons. The van der Waals surface area contributed by atoms with Gasteiger partial charge in [0.15, 0.2) is 0 Å². The number of hydrogen-bond acceptors (Lipinski definition) is 2. The number of alkyl halides is 1. The Labute approximate surface area is 114 Å². The molecule has 0 amide bonds. The number of thiophene rings is 1. The summed E-state index contributed by atoms with van der Waals surface area (Å²) in [5, 5.41) is -0.103. The Morgan fingerprint density at radius 2 is 1.81 bits per heavy atom. The largest absolute Gasteiger partial charge is 0.130 e. The molecule has 0 aliphatic heterocycles. The van der Waals surface area contributed by atoms with Gasteiger partial charge in [-0.1, -0.05) is 23.7 Å². The van der Waals surface area contributed by atoms with Crippen LogP contribution in [0.1, 0.15) is 15.8 Å². The summed E-state index contributed by atoms with van der Waals surface area (Å²) in [6.07, 6.45) is 2.06. The molecule has 0 saturated carbocycles. The average molecular weight is 289 g/mol. The van der Waals surface area contributed by atoms with Crippen LogP contribution in [0.15, 0.2) is 41.3 Å². The van der Waals surface area contributed by atoms with E-state index in [-0.39, 0.29) is 5.38 Å². The fourth-order valence-electron chi connectivity index (χ4n) is 1.40. The van der Waals surface area contributed by atoms with Crippen LogP contribution in [0, 0.1) is 0 Å². The molecule has 16 heavy (non-hydrogen) atoms. The van der Waals surface area contributed by atoms with Gasteiger partial charge in [0.05, 0.1) is 9.71 Å². The van der Waals surface area contributed by atoms with Gasteiger partial charge in [0.1, 0.15) is 0 Å². The molecule has 0 saturated heterocycles. The summed E-state index contributed by atoms with van der Waals surface area (Å²) in [4.78, 5) is 2.33. The summed E-state index contributed by atoms with van der Waals surface area (Å²) < 4.78 is 0.779. The lowest BCUT2D eigenvalue weighted by atomic mass is 10.1. The van der Waals surface area contributed by atoms with Crippen molar-refractivity contribution in [1.29, 1.82) is 0 Å². The van der Waals surface area contributed by atoms with E-state index in [0.29, 0.717) is 0 Å². The first-order valence-electron chi connectivity index (χ1n) is 4.74. The zero-order valence-corrected chi connectivity index (χ0v) is 11.8. The molecule has 0 N–H and O–H groups in total. The van der Waals surface area contributed by atoms with E-state index < -0.39 is 0 Å². The second-order valence-corrected chi connectivity index (χ2v) is 6.34. The lowest BCUT2D eigenvalue weighted by molar-refractivity contribution is 1.17. The van der Waals surface area contributed by atoms with Gasteiger partial charge in [-0.05, 0) is 36.1 Å². The minimum absolute atomic E-state index is 0.103. The Hall–Kier alpha value is -0.150. The molecule has 1 unspecified atom stereocenters. The van der Waals surface area contributed by atoms with E-state index in [1.165, 1.54) is 16.2 Å². The van der Waals surface area contributed by atoms with Crippen LogP contribution in [0.25, 0.3) is 0 Å². The summed E-state index contributed by atoms with van der Waals surface area (Å²) in [5.74, 6) is 0. The van der Waals surface area contributed by atoms with Crippen molar-refractivity contribution in [2.45, 2.75) is 10.3 Å². The van der Waals surface area contributed by atoms with Crippen molar-refractivity contribution in [3.05, 3.63) is 51.2 Å². The third-order valence-corrected chi connectivity index (χ3v) is 4.91. The molecule has 1 heterocycles. The Morgan fingerprint density at radius 1 is 1.12 bits per heavy atom.